The number of carbonyl (C=O) groups is 2. The number of halogens is 1. The van der Waals surface area contributed by atoms with Crippen molar-refractivity contribution >= 4 is 45.0 Å². The summed E-state index contributed by atoms with van der Waals surface area (Å²) >= 11 is 1.08. The van der Waals surface area contributed by atoms with Crippen molar-refractivity contribution in [2.24, 2.45) is 7.05 Å². The van der Waals surface area contributed by atoms with Crippen LogP contribution in [0.1, 0.15) is 16.2 Å². The number of thioether (sulfide) groups is 1. The molecule has 1 aromatic heterocycles. The van der Waals surface area contributed by atoms with E-state index in [1.54, 1.807) is 17.7 Å². The van der Waals surface area contributed by atoms with E-state index >= 15 is 0 Å². The molecule has 0 unspecified atom stereocenters. The molecule has 0 saturated carbocycles. The quantitative estimate of drug-likeness (QED) is 0.434. The first-order valence-electron chi connectivity index (χ1n) is 9.42. The van der Waals surface area contributed by atoms with E-state index in [1.807, 2.05) is 0 Å². The minimum absolute atomic E-state index is 0.0307. The summed E-state index contributed by atoms with van der Waals surface area (Å²) in [7, 11) is -2.05. The average Bonchev–Trinajstić information content (AvgIpc) is 3.10. The largest absolute Gasteiger partial charge is 0.478 e. The van der Waals surface area contributed by atoms with E-state index in [9.17, 15) is 22.4 Å². The maximum Gasteiger partial charge on any atom is 0.335 e. The fourth-order valence-electron chi connectivity index (χ4n) is 2.80. The van der Waals surface area contributed by atoms with E-state index < -0.39 is 21.8 Å². The van der Waals surface area contributed by atoms with Gasteiger partial charge in [0.15, 0.2) is 11.0 Å². The molecule has 10 nitrogen and oxygen atoms in total. The zero-order chi connectivity index (χ0) is 24.2. The normalized spacial score (nSPS) is 11.2. The van der Waals surface area contributed by atoms with Gasteiger partial charge in [0.05, 0.1) is 29.8 Å². The van der Waals surface area contributed by atoms with Gasteiger partial charge < -0.3 is 15.0 Å². The first-order chi connectivity index (χ1) is 15.5. The smallest absolute Gasteiger partial charge is 0.335 e. The van der Waals surface area contributed by atoms with E-state index in [1.165, 1.54) is 30.3 Å². The van der Waals surface area contributed by atoms with Gasteiger partial charge in [-0.15, -0.1) is 10.2 Å². The van der Waals surface area contributed by atoms with Gasteiger partial charge in [-0.1, -0.05) is 17.8 Å². The van der Waals surface area contributed by atoms with Crippen LogP contribution >= 0.6 is 11.8 Å². The van der Waals surface area contributed by atoms with Crippen molar-refractivity contribution in [3.05, 3.63) is 65.7 Å². The lowest BCUT2D eigenvalue weighted by Gasteiger charge is -2.21. The molecular weight excluding hydrogens is 473 g/mol. The van der Waals surface area contributed by atoms with Gasteiger partial charge in [0.2, 0.25) is 15.9 Å². The number of aromatic nitrogens is 3. The van der Waals surface area contributed by atoms with Crippen LogP contribution in [-0.4, -0.2) is 52.2 Å². The number of sulfonamides is 1. The zero-order valence-corrected chi connectivity index (χ0v) is 19.2. The van der Waals surface area contributed by atoms with Crippen LogP contribution in [0.5, 0.6) is 0 Å². The number of hydrogen-bond acceptors (Lipinski definition) is 7. The Morgan fingerprint density at radius 3 is 2.52 bits per heavy atom. The summed E-state index contributed by atoms with van der Waals surface area (Å²) in [4.78, 5) is 23.3. The van der Waals surface area contributed by atoms with Crippen molar-refractivity contribution in [1.82, 2.24) is 14.8 Å². The predicted molar refractivity (Wildman–Crippen MR) is 121 cm³/mol. The molecule has 0 aliphatic rings. The summed E-state index contributed by atoms with van der Waals surface area (Å²) in [6.45, 7) is -0.136. The van der Waals surface area contributed by atoms with Crippen LogP contribution in [0.2, 0.25) is 0 Å². The third kappa shape index (κ3) is 6.29. The molecule has 174 valence electrons. The summed E-state index contributed by atoms with van der Waals surface area (Å²) in [5.74, 6) is -1.68. The fourth-order valence-corrected chi connectivity index (χ4v) is 4.39. The van der Waals surface area contributed by atoms with Crippen molar-refractivity contribution in [2.75, 3.05) is 21.6 Å². The molecule has 0 spiro atoms. The Morgan fingerprint density at radius 1 is 1.18 bits per heavy atom. The monoisotopic (exact) mass is 493 g/mol. The number of benzene rings is 2. The molecule has 0 bridgehead atoms. The molecule has 0 radical (unpaired) electrons. The Kier molecular flexibility index (Phi) is 7.33. The lowest BCUT2D eigenvalue weighted by atomic mass is 10.2. The highest BCUT2D eigenvalue weighted by molar-refractivity contribution is 7.99. The van der Waals surface area contributed by atoms with Gasteiger partial charge in [-0.3, -0.25) is 9.10 Å². The van der Waals surface area contributed by atoms with Gasteiger partial charge in [0.1, 0.15) is 5.82 Å². The highest BCUT2D eigenvalue weighted by Gasteiger charge is 2.22. The molecule has 3 aromatic rings. The molecule has 0 aliphatic heterocycles. The number of hydrogen-bond donors (Lipinski definition) is 2. The molecule has 1 amide bonds. The topological polar surface area (TPSA) is 134 Å². The van der Waals surface area contributed by atoms with Crippen molar-refractivity contribution < 1.29 is 27.5 Å². The van der Waals surface area contributed by atoms with Crippen molar-refractivity contribution in [1.29, 1.82) is 0 Å². The van der Waals surface area contributed by atoms with Gasteiger partial charge in [0.25, 0.3) is 0 Å². The maximum absolute atomic E-state index is 13.2. The first kappa shape index (κ1) is 24.2. The lowest BCUT2D eigenvalue weighted by molar-refractivity contribution is -0.113. The van der Waals surface area contributed by atoms with Gasteiger partial charge in [-0.25, -0.2) is 17.6 Å². The van der Waals surface area contributed by atoms with Crippen LogP contribution in [-0.2, 0) is 28.4 Å². The number of rotatable bonds is 9. The summed E-state index contributed by atoms with van der Waals surface area (Å²) < 4.78 is 40.4. The van der Waals surface area contributed by atoms with Crippen molar-refractivity contribution in [3.63, 3.8) is 0 Å². The summed E-state index contributed by atoms with van der Waals surface area (Å²) in [6, 6.07) is 10.9. The number of amides is 1. The Hall–Kier alpha value is -3.45. The third-order valence-corrected chi connectivity index (χ3v) is 6.61. The number of nitrogens with one attached hydrogen (secondary N) is 1. The summed E-state index contributed by atoms with van der Waals surface area (Å²) in [5.41, 5.74) is 0.677. The Morgan fingerprint density at radius 2 is 1.88 bits per heavy atom. The summed E-state index contributed by atoms with van der Waals surface area (Å²) in [6.07, 6.45) is 1.03. The minimum Gasteiger partial charge on any atom is -0.478 e. The molecule has 33 heavy (non-hydrogen) atoms. The Bertz CT molecular complexity index is 1280. The summed E-state index contributed by atoms with van der Waals surface area (Å²) in [5, 5.41) is 20.1. The Balaban J connectivity index is 1.67. The predicted octanol–water partition coefficient (Wildman–Crippen LogP) is 2.35. The van der Waals surface area contributed by atoms with Crippen molar-refractivity contribution in [2.45, 2.75) is 11.7 Å². The molecule has 0 fully saturated rings. The molecule has 0 aliphatic carbocycles. The van der Waals surface area contributed by atoms with E-state index in [2.05, 4.69) is 15.5 Å². The molecule has 2 aromatic carbocycles. The van der Waals surface area contributed by atoms with Crippen LogP contribution in [0.25, 0.3) is 0 Å². The number of carboxylic acid groups (broad SMARTS) is 1. The molecule has 3 rings (SSSR count). The maximum atomic E-state index is 13.2. The second-order valence-corrected chi connectivity index (χ2v) is 9.78. The molecule has 0 atom stereocenters. The molecule has 2 N–H and O–H groups in total. The highest BCUT2D eigenvalue weighted by Crippen LogP contribution is 2.22. The molecular formula is C20H20FN5O5S2. The number of anilines is 2. The van der Waals surface area contributed by atoms with Gasteiger partial charge >= 0.3 is 5.97 Å². The molecule has 0 saturated heterocycles. The van der Waals surface area contributed by atoms with Crippen LogP contribution in [0.15, 0.2) is 53.7 Å². The van der Waals surface area contributed by atoms with Gasteiger partial charge in [0, 0.05) is 12.7 Å². The van der Waals surface area contributed by atoms with Crippen molar-refractivity contribution in [3.8, 4) is 0 Å². The zero-order valence-electron chi connectivity index (χ0n) is 17.6. The fraction of sp³-hybridized carbons (Fsp3) is 0.200. The van der Waals surface area contributed by atoms with E-state index in [-0.39, 0.29) is 29.5 Å². The van der Waals surface area contributed by atoms with E-state index in [4.69, 9.17) is 5.11 Å². The van der Waals surface area contributed by atoms with Gasteiger partial charge in [-0.2, -0.15) is 0 Å². The molecule has 13 heteroatoms. The van der Waals surface area contributed by atoms with E-state index in [0.29, 0.717) is 16.7 Å². The first-order valence-corrected chi connectivity index (χ1v) is 12.3. The van der Waals surface area contributed by atoms with Gasteiger partial charge in [-0.05, 0) is 42.5 Å². The van der Waals surface area contributed by atoms with E-state index in [0.717, 1.165) is 34.5 Å². The van der Waals surface area contributed by atoms with Crippen LogP contribution < -0.4 is 9.62 Å². The lowest BCUT2D eigenvalue weighted by Crippen LogP contribution is -2.30. The number of carbonyl (C=O) groups excluding carboxylic acids is 1. The minimum atomic E-state index is -3.69. The average molecular weight is 494 g/mol. The SMILES string of the molecule is Cn1c(CN(c2ccc(F)cc2)S(C)(=O)=O)nnc1SCC(=O)Nc1cccc(C(=O)O)c1. The van der Waals surface area contributed by atoms with Crippen LogP contribution in [0.3, 0.4) is 0 Å². The highest BCUT2D eigenvalue weighted by atomic mass is 32.2. The second kappa shape index (κ2) is 10.0. The molecule has 1 heterocycles. The third-order valence-electron chi connectivity index (χ3n) is 4.45. The number of carboxylic acids is 1. The van der Waals surface area contributed by atoms with Crippen LogP contribution in [0.4, 0.5) is 15.8 Å². The van der Waals surface area contributed by atoms with Crippen LogP contribution in [0, 0.1) is 5.82 Å². The Labute approximate surface area is 193 Å². The standard InChI is InChI=1S/C20H20FN5O5S2/c1-25-17(11-26(33(2,30)31)16-8-6-14(21)7-9-16)23-24-20(25)32-12-18(27)22-15-5-3-4-13(10-15)19(28)29/h3-10H,11-12H2,1-2H3,(H,22,27)(H,28,29). The number of nitrogens with zero attached hydrogens (tertiary/aromatic N) is 4. The second-order valence-electron chi connectivity index (χ2n) is 6.93. The number of aromatic carboxylic acids is 1.